The second-order valence-electron chi connectivity index (χ2n) is 19.1. The van der Waals surface area contributed by atoms with Gasteiger partial charge in [-0.1, -0.05) is 201 Å². The molecule has 0 aliphatic carbocycles. The number of phosphoric acid groups is 1. The summed E-state index contributed by atoms with van der Waals surface area (Å²) >= 11 is 0. The second kappa shape index (κ2) is 55.6. The Kier molecular flexibility index (Phi) is 52.9. The molecule has 0 bridgehead atoms. The highest BCUT2D eigenvalue weighted by Crippen LogP contribution is 2.43. The normalized spacial score (nSPS) is 14.1. The van der Waals surface area contributed by atoms with Gasteiger partial charge < -0.3 is 24.2 Å². The standard InChI is InChI=1S/C62H105O11P/c1-4-7-10-13-16-19-22-25-27-28-29-30-32-35-38-41-44-47-50-53-62(66)73-59(55-69-60(64)51-48-45-42-39-36-33-24-21-18-15-12-9-6-3)57-71-74(67,68)70-56-58(54-63)72-61(65)52-49-46-43-40-37-34-31-26-23-20-17-14-11-8-5-2/h8,11-12,15-17,19-21,24-27,29-31,58-59,63H,4-7,9-10,13-14,18,22-23,28,32-57H2,1-3H3,(H,67,68)/b11-8-,15-12-,19-16-,20-17-,24-21-,27-25-,30-29-,31-26-. The summed E-state index contributed by atoms with van der Waals surface area (Å²) in [7, 11) is -4.76. The SMILES string of the molecule is CC/C=C\C/C=C\C/C=C\CCCCCCCC(=O)OC(CO)COP(=O)(O)OCC(COC(=O)CCCCCCC/C=C\C/C=C\CCC)OC(=O)CCCCCCCC/C=C\C/C=C\C/C=C\CCCCC. The van der Waals surface area contributed by atoms with E-state index in [0.717, 1.165) is 154 Å². The first kappa shape index (κ1) is 70.4. The van der Waals surface area contributed by atoms with Gasteiger partial charge in [-0.2, -0.15) is 0 Å². The van der Waals surface area contributed by atoms with Gasteiger partial charge in [0.05, 0.1) is 19.8 Å². The molecule has 0 heterocycles. The Hall–Kier alpha value is -3.60. The van der Waals surface area contributed by atoms with Gasteiger partial charge in [-0.15, -0.1) is 0 Å². The smallest absolute Gasteiger partial charge is 0.462 e. The summed E-state index contributed by atoms with van der Waals surface area (Å²) in [6.07, 6.45) is 65.0. The highest BCUT2D eigenvalue weighted by molar-refractivity contribution is 7.47. The number of aliphatic hydroxyl groups is 1. The molecule has 0 aliphatic heterocycles. The third kappa shape index (κ3) is 53.2. The number of esters is 3. The molecule has 74 heavy (non-hydrogen) atoms. The maximum absolute atomic E-state index is 12.9. The minimum Gasteiger partial charge on any atom is -0.462 e. The van der Waals surface area contributed by atoms with E-state index in [9.17, 15) is 28.9 Å². The van der Waals surface area contributed by atoms with E-state index in [2.05, 4.69) is 118 Å². The lowest BCUT2D eigenvalue weighted by molar-refractivity contribution is -0.161. The Morgan fingerprint density at radius 1 is 0.392 bits per heavy atom. The number of phosphoric ester groups is 1. The van der Waals surface area contributed by atoms with Gasteiger partial charge in [0.2, 0.25) is 0 Å². The molecule has 0 aromatic heterocycles. The summed E-state index contributed by atoms with van der Waals surface area (Å²) in [6, 6.07) is 0. The molecule has 0 saturated carbocycles. The Labute approximate surface area is 451 Å². The van der Waals surface area contributed by atoms with Crippen molar-refractivity contribution in [2.45, 2.75) is 251 Å². The fourth-order valence-corrected chi connectivity index (χ4v) is 8.32. The number of ether oxygens (including phenoxy) is 3. The zero-order valence-corrected chi connectivity index (χ0v) is 47.7. The fraction of sp³-hybridized carbons (Fsp3) is 0.694. The van der Waals surface area contributed by atoms with Crippen molar-refractivity contribution >= 4 is 25.7 Å². The zero-order chi connectivity index (χ0) is 54.1. The number of allylic oxidation sites excluding steroid dienone is 16. The van der Waals surface area contributed by atoms with E-state index in [-0.39, 0.29) is 25.9 Å². The molecule has 0 amide bonds. The number of carbonyl (C=O) groups is 3. The lowest BCUT2D eigenvalue weighted by atomic mass is 10.1. The quantitative estimate of drug-likeness (QED) is 0.0197. The molecule has 12 heteroatoms. The van der Waals surface area contributed by atoms with E-state index in [1.165, 1.54) is 25.7 Å². The van der Waals surface area contributed by atoms with Gasteiger partial charge >= 0.3 is 25.7 Å². The molecule has 0 radical (unpaired) electrons. The molecule has 0 aliphatic rings. The van der Waals surface area contributed by atoms with E-state index >= 15 is 0 Å². The number of hydrogen-bond acceptors (Lipinski definition) is 10. The van der Waals surface area contributed by atoms with E-state index in [4.69, 9.17) is 23.3 Å². The van der Waals surface area contributed by atoms with E-state index < -0.39 is 57.8 Å². The topological polar surface area (TPSA) is 155 Å². The predicted molar refractivity (Wildman–Crippen MR) is 307 cm³/mol. The van der Waals surface area contributed by atoms with Crippen LogP contribution in [-0.2, 0) is 42.2 Å². The first-order valence-electron chi connectivity index (χ1n) is 29.1. The van der Waals surface area contributed by atoms with Crippen molar-refractivity contribution in [1.82, 2.24) is 0 Å². The van der Waals surface area contributed by atoms with Crippen molar-refractivity contribution < 1.29 is 52.2 Å². The number of unbranched alkanes of at least 4 members (excludes halogenated alkanes) is 20. The average molecular weight is 1060 g/mol. The summed E-state index contributed by atoms with van der Waals surface area (Å²) in [4.78, 5) is 48.5. The second-order valence-corrected chi connectivity index (χ2v) is 20.5. The minimum absolute atomic E-state index is 0.145. The van der Waals surface area contributed by atoms with Crippen LogP contribution in [0.4, 0.5) is 0 Å². The minimum atomic E-state index is -4.76. The van der Waals surface area contributed by atoms with E-state index in [1.807, 2.05) is 0 Å². The molecule has 3 unspecified atom stereocenters. The lowest BCUT2D eigenvalue weighted by Gasteiger charge is -2.21. The van der Waals surface area contributed by atoms with Crippen molar-refractivity contribution in [2.75, 3.05) is 26.4 Å². The van der Waals surface area contributed by atoms with Gasteiger partial charge in [-0.05, 0) is 116 Å². The van der Waals surface area contributed by atoms with Crippen molar-refractivity contribution in [3.8, 4) is 0 Å². The van der Waals surface area contributed by atoms with Gasteiger partial charge in [-0.25, -0.2) is 4.57 Å². The fourth-order valence-electron chi connectivity index (χ4n) is 7.53. The molecule has 0 rings (SSSR count). The predicted octanol–water partition coefficient (Wildman–Crippen LogP) is 17.3. The van der Waals surface area contributed by atoms with Gasteiger partial charge in [0.15, 0.2) is 6.10 Å². The summed E-state index contributed by atoms with van der Waals surface area (Å²) in [5.41, 5.74) is 0. The van der Waals surface area contributed by atoms with Crippen LogP contribution in [0.5, 0.6) is 0 Å². The summed E-state index contributed by atoms with van der Waals surface area (Å²) < 4.78 is 39.5. The van der Waals surface area contributed by atoms with Crippen molar-refractivity contribution in [3.05, 3.63) is 97.2 Å². The third-order valence-corrected chi connectivity index (χ3v) is 12.9. The van der Waals surface area contributed by atoms with Gasteiger partial charge in [-0.3, -0.25) is 23.4 Å². The van der Waals surface area contributed by atoms with Crippen LogP contribution >= 0.6 is 7.82 Å². The highest BCUT2D eigenvalue weighted by atomic mass is 31.2. The van der Waals surface area contributed by atoms with Crippen LogP contribution in [-0.4, -0.2) is 66.5 Å². The number of aliphatic hydroxyl groups excluding tert-OH is 1. The molecular weight excluding hydrogens is 952 g/mol. The molecule has 424 valence electrons. The van der Waals surface area contributed by atoms with Crippen molar-refractivity contribution in [1.29, 1.82) is 0 Å². The van der Waals surface area contributed by atoms with Crippen LogP contribution in [0.3, 0.4) is 0 Å². The van der Waals surface area contributed by atoms with Gasteiger partial charge in [0.25, 0.3) is 0 Å². The molecule has 0 fully saturated rings. The summed E-state index contributed by atoms with van der Waals surface area (Å²) in [5, 5.41) is 9.81. The Morgan fingerprint density at radius 2 is 0.730 bits per heavy atom. The third-order valence-electron chi connectivity index (χ3n) is 11.9. The van der Waals surface area contributed by atoms with Crippen molar-refractivity contribution in [3.63, 3.8) is 0 Å². The van der Waals surface area contributed by atoms with E-state index in [0.29, 0.717) is 19.3 Å². The van der Waals surface area contributed by atoms with Gasteiger partial charge in [0, 0.05) is 19.3 Å². The Bertz CT molecular complexity index is 1610. The zero-order valence-electron chi connectivity index (χ0n) is 46.8. The van der Waals surface area contributed by atoms with Crippen molar-refractivity contribution in [2.24, 2.45) is 0 Å². The maximum Gasteiger partial charge on any atom is 0.472 e. The molecule has 0 aromatic rings. The highest BCUT2D eigenvalue weighted by Gasteiger charge is 2.28. The summed E-state index contributed by atoms with van der Waals surface area (Å²) in [6.45, 7) is 4.39. The molecule has 0 aromatic carbocycles. The largest absolute Gasteiger partial charge is 0.472 e. The van der Waals surface area contributed by atoms with Crippen LogP contribution in [0.1, 0.15) is 239 Å². The Morgan fingerprint density at radius 3 is 1.14 bits per heavy atom. The first-order chi connectivity index (χ1) is 36.2. The van der Waals surface area contributed by atoms with Crippen LogP contribution in [0.25, 0.3) is 0 Å². The molecule has 11 nitrogen and oxygen atoms in total. The number of carbonyl (C=O) groups excluding carboxylic acids is 3. The van der Waals surface area contributed by atoms with Crippen LogP contribution in [0.2, 0.25) is 0 Å². The Balaban J connectivity index is 4.77. The lowest BCUT2D eigenvalue weighted by Crippen LogP contribution is -2.30. The van der Waals surface area contributed by atoms with Gasteiger partial charge in [0.1, 0.15) is 12.7 Å². The van der Waals surface area contributed by atoms with Crippen LogP contribution < -0.4 is 0 Å². The summed E-state index contributed by atoms with van der Waals surface area (Å²) in [5.74, 6) is -1.52. The van der Waals surface area contributed by atoms with Crippen LogP contribution in [0.15, 0.2) is 97.2 Å². The number of hydrogen-bond donors (Lipinski definition) is 2. The van der Waals surface area contributed by atoms with Crippen LogP contribution in [0, 0.1) is 0 Å². The number of rotatable bonds is 53. The first-order valence-corrected chi connectivity index (χ1v) is 30.6. The van der Waals surface area contributed by atoms with E-state index in [1.54, 1.807) is 0 Å². The molecule has 3 atom stereocenters. The molecule has 2 N–H and O–H groups in total. The molecular formula is C62H105O11P. The molecule has 0 spiro atoms. The molecule has 0 saturated heterocycles. The average Bonchev–Trinajstić information content (AvgIpc) is 3.39. The monoisotopic (exact) mass is 1060 g/mol. The maximum atomic E-state index is 12.9.